The summed E-state index contributed by atoms with van der Waals surface area (Å²) in [5, 5.41) is 10.1. The van der Waals surface area contributed by atoms with Crippen LogP contribution in [0.1, 0.15) is 76.9 Å². The van der Waals surface area contributed by atoms with Crippen molar-refractivity contribution >= 4 is 35.6 Å². The number of benzene rings is 2. The summed E-state index contributed by atoms with van der Waals surface area (Å²) in [7, 11) is 0. The number of aromatic carboxylic acids is 1. The largest absolute Gasteiger partial charge is 0.478 e. The van der Waals surface area contributed by atoms with E-state index in [1.165, 1.54) is 6.07 Å². The molecule has 0 aliphatic carbocycles. The zero-order valence-corrected chi connectivity index (χ0v) is 17.4. The maximum Gasteiger partial charge on any atom is 0.350 e. The molecule has 2 aromatic rings. The topological polar surface area (TPSA) is 63.6 Å². The van der Waals surface area contributed by atoms with E-state index in [4.69, 9.17) is 15.8 Å². The second kappa shape index (κ2) is 9.29. The van der Waals surface area contributed by atoms with Crippen molar-refractivity contribution in [1.29, 1.82) is 0 Å². The van der Waals surface area contributed by atoms with Crippen molar-refractivity contribution in [3.8, 4) is 0 Å². The summed E-state index contributed by atoms with van der Waals surface area (Å²) in [5.41, 5.74) is 3.02. The fraction of sp³-hybridized carbons (Fsp3) is 0.333. The Labute approximate surface area is 169 Å². The molecular formula is C21H23ClO4S. The van der Waals surface area contributed by atoms with Crippen LogP contribution >= 0.6 is 23.6 Å². The molecule has 27 heavy (non-hydrogen) atoms. The zero-order chi connectivity index (χ0) is 20.1. The van der Waals surface area contributed by atoms with Crippen molar-refractivity contribution in [2.45, 2.75) is 45.3 Å². The highest BCUT2D eigenvalue weighted by atomic mass is 35.5. The fourth-order valence-electron chi connectivity index (χ4n) is 3.07. The van der Waals surface area contributed by atoms with Crippen molar-refractivity contribution in [3.63, 3.8) is 0 Å². The van der Waals surface area contributed by atoms with Crippen LogP contribution < -0.4 is 0 Å². The molecule has 1 N–H and O–H groups in total. The Morgan fingerprint density at radius 1 is 1.04 bits per heavy atom. The average molecular weight is 407 g/mol. The van der Waals surface area contributed by atoms with Crippen molar-refractivity contribution in [2.75, 3.05) is 0 Å². The van der Waals surface area contributed by atoms with Crippen molar-refractivity contribution in [3.05, 3.63) is 69.2 Å². The van der Waals surface area contributed by atoms with E-state index < -0.39 is 11.9 Å². The van der Waals surface area contributed by atoms with E-state index in [1.54, 1.807) is 12.1 Å². The zero-order valence-electron chi connectivity index (χ0n) is 15.8. The number of carboxylic acid groups (broad SMARTS) is 1. The summed E-state index contributed by atoms with van der Waals surface area (Å²) in [6, 6.07) is 10.4. The molecule has 0 unspecified atom stereocenters. The Bertz CT molecular complexity index is 846. The number of carboxylic acids is 1. The molecule has 0 spiro atoms. The number of hydrogen-bond acceptors (Lipinski definition) is 4. The van der Waals surface area contributed by atoms with Crippen LogP contribution in [0.4, 0.5) is 0 Å². The molecule has 0 bridgehead atoms. The predicted molar refractivity (Wildman–Crippen MR) is 110 cm³/mol. The van der Waals surface area contributed by atoms with E-state index in [0.29, 0.717) is 21.9 Å². The van der Waals surface area contributed by atoms with Gasteiger partial charge in [-0.05, 0) is 52.8 Å². The molecule has 0 saturated carbocycles. The first-order chi connectivity index (χ1) is 12.7. The van der Waals surface area contributed by atoms with Crippen LogP contribution in [0.25, 0.3) is 0 Å². The van der Waals surface area contributed by atoms with E-state index in [2.05, 4.69) is 0 Å². The van der Waals surface area contributed by atoms with Gasteiger partial charge in [0.15, 0.2) is 0 Å². The lowest BCUT2D eigenvalue weighted by Gasteiger charge is -2.21. The molecule has 0 amide bonds. The van der Waals surface area contributed by atoms with Crippen LogP contribution in [0.2, 0.25) is 5.02 Å². The van der Waals surface area contributed by atoms with Crippen LogP contribution in [0, 0.1) is 0 Å². The van der Waals surface area contributed by atoms with Gasteiger partial charge in [-0.3, -0.25) is 0 Å². The van der Waals surface area contributed by atoms with Crippen LogP contribution in [0.3, 0.4) is 0 Å². The molecule has 0 heterocycles. The Kier molecular flexibility index (Phi) is 7.33. The van der Waals surface area contributed by atoms with Gasteiger partial charge in [-0.25, -0.2) is 9.59 Å². The van der Waals surface area contributed by atoms with Gasteiger partial charge in [-0.2, -0.15) is 0 Å². The van der Waals surface area contributed by atoms with E-state index in [-0.39, 0.29) is 17.4 Å². The molecule has 0 aromatic heterocycles. The van der Waals surface area contributed by atoms with Gasteiger partial charge in [0.1, 0.15) is 0 Å². The summed E-state index contributed by atoms with van der Waals surface area (Å²) < 4.78 is 5.39. The molecule has 0 fully saturated rings. The van der Waals surface area contributed by atoms with Crippen LogP contribution in [-0.4, -0.2) is 17.0 Å². The quantitative estimate of drug-likeness (QED) is 0.547. The van der Waals surface area contributed by atoms with Crippen molar-refractivity contribution in [1.82, 2.24) is 0 Å². The first-order valence-corrected chi connectivity index (χ1v) is 9.99. The summed E-state index contributed by atoms with van der Waals surface area (Å²) in [4.78, 5) is 24.3. The van der Waals surface area contributed by atoms with Crippen LogP contribution in [0.5, 0.6) is 0 Å². The van der Waals surface area contributed by atoms with Gasteiger partial charge in [0.2, 0.25) is 0 Å². The number of halogens is 1. The number of rotatable bonds is 7. The molecule has 0 radical (unpaired) electrons. The van der Waals surface area contributed by atoms with Gasteiger partial charge in [0, 0.05) is 5.02 Å². The SMILES string of the molecule is CC(C)c1c(C(=O)O)ccc(C(=O)OSCc2cccc(Cl)c2)c1C(C)C. The molecule has 4 nitrogen and oxygen atoms in total. The second-order valence-corrected chi connectivity index (χ2v) is 7.99. The molecule has 2 rings (SSSR count). The molecule has 0 aliphatic rings. The van der Waals surface area contributed by atoms with Gasteiger partial charge in [-0.15, -0.1) is 0 Å². The third-order valence-corrected chi connectivity index (χ3v) is 5.10. The predicted octanol–water partition coefficient (Wildman–Crippen LogP) is 6.29. The number of carbonyl (C=O) groups is 2. The maximum absolute atomic E-state index is 12.7. The van der Waals surface area contributed by atoms with Gasteiger partial charge in [-0.1, -0.05) is 51.4 Å². The Morgan fingerprint density at radius 3 is 2.19 bits per heavy atom. The summed E-state index contributed by atoms with van der Waals surface area (Å²) in [6.45, 7) is 7.75. The minimum Gasteiger partial charge on any atom is -0.478 e. The highest BCUT2D eigenvalue weighted by Gasteiger charge is 2.25. The first-order valence-electron chi connectivity index (χ1n) is 8.70. The smallest absolute Gasteiger partial charge is 0.350 e. The highest BCUT2D eigenvalue weighted by molar-refractivity contribution is 7.94. The van der Waals surface area contributed by atoms with Gasteiger partial charge < -0.3 is 9.29 Å². The van der Waals surface area contributed by atoms with E-state index >= 15 is 0 Å². The second-order valence-electron chi connectivity index (χ2n) is 6.87. The Morgan fingerprint density at radius 2 is 1.63 bits per heavy atom. The lowest BCUT2D eigenvalue weighted by Crippen LogP contribution is -2.14. The molecule has 2 aromatic carbocycles. The summed E-state index contributed by atoms with van der Waals surface area (Å²) in [5.74, 6) is -1.02. The van der Waals surface area contributed by atoms with E-state index in [0.717, 1.165) is 23.2 Å². The van der Waals surface area contributed by atoms with Gasteiger partial charge in [0.05, 0.1) is 28.9 Å². The average Bonchev–Trinajstić information content (AvgIpc) is 2.60. The first kappa shape index (κ1) is 21.3. The lowest BCUT2D eigenvalue weighted by atomic mass is 9.83. The summed E-state index contributed by atoms with van der Waals surface area (Å²) >= 11 is 7.00. The highest BCUT2D eigenvalue weighted by Crippen LogP contribution is 2.33. The van der Waals surface area contributed by atoms with Crippen molar-refractivity contribution in [2.24, 2.45) is 0 Å². The third-order valence-electron chi connectivity index (χ3n) is 4.14. The Balaban J connectivity index is 2.27. The minimum atomic E-state index is -0.990. The maximum atomic E-state index is 12.7. The standard InChI is InChI=1S/C21H23ClO4S/c1-12(2)18-16(20(23)24)8-9-17(19(18)13(3)4)21(25)26-27-11-14-6-5-7-15(22)10-14/h5-10,12-13H,11H2,1-4H3,(H,23,24). The number of carbonyl (C=O) groups excluding carboxylic acids is 1. The molecule has 0 aliphatic heterocycles. The normalized spacial score (nSPS) is 11.1. The molecule has 0 saturated heterocycles. The van der Waals surface area contributed by atoms with Gasteiger partial charge >= 0.3 is 11.9 Å². The molecule has 6 heteroatoms. The molecule has 144 valence electrons. The van der Waals surface area contributed by atoms with E-state index in [9.17, 15) is 14.7 Å². The monoisotopic (exact) mass is 406 g/mol. The number of hydrogen-bond donors (Lipinski definition) is 1. The lowest BCUT2D eigenvalue weighted by molar-refractivity contribution is 0.0691. The van der Waals surface area contributed by atoms with E-state index in [1.807, 2.05) is 45.9 Å². The summed E-state index contributed by atoms with van der Waals surface area (Å²) in [6.07, 6.45) is 0. The fourth-order valence-corrected chi connectivity index (χ4v) is 3.85. The molecular weight excluding hydrogens is 384 g/mol. The Hall–Kier alpha value is -1.98. The van der Waals surface area contributed by atoms with Crippen molar-refractivity contribution < 1.29 is 18.9 Å². The van der Waals surface area contributed by atoms with Gasteiger partial charge in [0.25, 0.3) is 0 Å². The third kappa shape index (κ3) is 5.27. The van der Waals surface area contributed by atoms with Crippen LogP contribution in [-0.2, 0) is 9.94 Å². The van der Waals surface area contributed by atoms with Crippen LogP contribution in [0.15, 0.2) is 36.4 Å². The minimum absolute atomic E-state index is 0.0119. The molecule has 0 atom stereocenters.